The first-order chi connectivity index (χ1) is 7.21. The minimum absolute atomic E-state index is 0.510. The van der Waals surface area contributed by atoms with Gasteiger partial charge in [-0.2, -0.15) is 0 Å². The molecule has 1 unspecified atom stereocenters. The van der Waals surface area contributed by atoms with E-state index in [-0.39, 0.29) is 0 Å². The van der Waals surface area contributed by atoms with Crippen LogP contribution >= 0.6 is 0 Å². The monoisotopic (exact) mass is 207 g/mol. The van der Waals surface area contributed by atoms with E-state index in [1.165, 1.54) is 11.1 Å². The molecule has 2 N–H and O–H groups in total. The second-order valence-electron chi connectivity index (χ2n) is 3.95. The van der Waals surface area contributed by atoms with E-state index in [0.717, 1.165) is 25.1 Å². The highest BCUT2D eigenvalue weighted by molar-refractivity contribution is 5.36. The fourth-order valence-corrected chi connectivity index (χ4v) is 1.71. The highest BCUT2D eigenvalue weighted by Crippen LogP contribution is 2.25. The molecule has 1 aromatic carbocycles. The molecule has 0 aliphatic rings. The number of aryl methyl sites for hydroxylation is 1. The molecule has 0 aliphatic carbocycles. The minimum Gasteiger partial charge on any atom is -0.497 e. The van der Waals surface area contributed by atoms with E-state index in [2.05, 4.69) is 32.0 Å². The van der Waals surface area contributed by atoms with Crippen molar-refractivity contribution >= 4 is 0 Å². The number of ether oxygens (including phenoxy) is 1. The van der Waals surface area contributed by atoms with Crippen molar-refractivity contribution in [2.24, 2.45) is 5.73 Å². The maximum atomic E-state index is 5.58. The summed E-state index contributed by atoms with van der Waals surface area (Å²) in [4.78, 5) is 0. The van der Waals surface area contributed by atoms with Gasteiger partial charge in [0.05, 0.1) is 7.11 Å². The van der Waals surface area contributed by atoms with E-state index in [4.69, 9.17) is 10.5 Å². The molecule has 84 valence electrons. The van der Waals surface area contributed by atoms with Crippen molar-refractivity contribution in [1.82, 2.24) is 0 Å². The number of hydrogen-bond donors (Lipinski definition) is 1. The average molecular weight is 207 g/mol. The Balaban J connectivity index is 2.95. The van der Waals surface area contributed by atoms with Gasteiger partial charge in [0.1, 0.15) is 5.75 Å². The van der Waals surface area contributed by atoms with Crippen LogP contribution in [-0.2, 0) is 6.42 Å². The largest absolute Gasteiger partial charge is 0.497 e. The zero-order valence-electron chi connectivity index (χ0n) is 9.92. The van der Waals surface area contributed by atoms with Crippen LogP contribution < -0.4 is 10.5 Å². The molecule has 2 nitrogen and oxygen atoms in total. The normalized spacial score (nSPS) is 12.5. The molecule has 1 atom stereocenters. The van der Waals surface area contributed by atoms with Gasteiger partial charge in [-0.3, -0.25) is 0 Å². The molecule has 0 fully saturated rings. The Hall–Kier alpha value is -1.02. The van der Waals surface area contributed by atoms with Crippen LogP contribution in [0, 0.1) is 0 Å². The first-order valence-electron chi connectivity index (χ1n) is 5.59. The van der Waals surface area contributed by atoms with Gasteiger partial charge in [0, 0.05) is 0 Å². The lowest BCUT2D eigenvalue weighted by Gasteiger charge is -2.13. The van der Waals surface area contributed by atoms with Gasteiger partial charge in [-0.05, 0) is 48.6 Å². The van der Waals surface area contributed by atoms with Crippen LogP contribution in [-0.4, -0.2) is 13.7 Å². The Morgan fingerprint density at radius 1 is 1.33 bits per heavy atom. The van der Waals surface area contributed by atoms with Crippen LogP contribution in [0.3, 0.4) is 0 Å². The van der Waals surface area contributed by atoms with E-state index >= 15 is 0 Å². The van der Waals surface area contributed by atoms with Crippen LogP contribution in [0.2, 0.25) is 0 Å². The van der Waals surface area contributed by atoms with Crippen molar-refractivity contribution in [1.29, 1.82) is 0 Å². The molecule has 0 spiro atoms. The predicted molar refractivity (Wildman–Crippen MR) is 64.5 cm³/mol. The third-order valence-electron chi connectivity index (χ3n) is 2.80. The zero-order valence-corrected chi connectivity index (χ0v) is 9.92. The van der Waals surface area contributed by atoms with Gasteiger partial charge >= 0.3 is 0 Å². The van der Waals surface area contributed by atoms with Gasteiger partial charge in [0.25, 0.3) is 0 Å². The zero-order chi connectivity index (χ0) is 11.3. The Morgan fingerprint density at radius 3 is 2.60 bits per heavy atom. The Kier molecular flexibility index (Phi) is 4.63. The molecule has 0 aliphatic heterocycles. The molecule has 0 amide bonds. The lowest BCUT2D eigenvalue weighted by atomic mass is 9.95. The summed E-state index contributed by atoms with van der Waals surface area (Å²) in [7, 11) is 1.71. The molecule has 0 bridgehead atoms. The molecule has 0 radical (unpaired) electrons. The Bertz CT molecular complexity index is 287. The summed E-state index contributed by atoms with van der Waals surface area (Å²) >= 11 is 0. The topological polar surface area (TPSA) is 35.2 Å². The van der Waals surface area contributed by atoms with E-state index < -0.39 is 0 Å². The first-order valence-corrected chi connectivity index (χ1v) is 5.59. The summed E-state index contributed by atoms with van der Waals surface area (Å²) in [5.74, 6) is 1.46. The fraction of sp³-hybridized carbons (Fsp3) is 0.538. The number of methoxy groups -OCH3 is 1. The van der Waals surface area contributed by atoms with Gasteiger partial charge < -0.3 is 10.5 Å². The van der Waals surface area contributed by atoms with E-state index in [0.29, 0.717) is 5.92 Å². The summed E-state index contributed by atoms with van der Waals surface area (Å²) in [5.41, 5.74) is 8.23. The molecule has 2 heteroatoms. The maximum absolute atomic E-state index is 5.58. The van der Waals surface area contributed by atoms with Crippen LogP contribution in [0.25, 0.3) is 0 Å². The van der Waals surface area contributed by atoms with E-state index in [9.17, 15) is 0 Å². The minimum atomic E-state index is 0.510. The van der Waals surface area contributed by atoms with Crippen LogP contribution in [0.1, 0.15) is 37.3 Å². The molecule has 1 aromatic rings. The van der Waals surface area contributed by atoms with Crippen molar-refractivity contribution in [3.8, 4) is 5.75 Å². The number of nitrogens with two attached hydrogens (primary N) is 1. The quantitative estimate of drug-likeness (QED) is 0.805. The lowest BCUT2D eigenvalue weighted by Crippen LogP contribution is -2.05. The molecule has 0 aromatic heterocycles. The summed E-state index contributed by atoms with van der Waals surface area (Å²) in [6, 6.07) is 6.46. The molecule has 1 rings (SSSR count). The van der Waals surface area contributed by atoms with Crippen molar-refractivity contribution < 1.29 is 4.74 Å². The maximum Gasteiger partial charge on any atom is 0.119 e. The van der Waals surface area contributed by atoms with Crippen molar-refractivity contribution in [2.45, 2.75) is 32.6 Å². The van der Waals surface area contributed by atoms with Crippen molar-refractivity contribution in [3.05, 3.63) is 29.3 Å². The predicted octanol–water partition coefficient (Wildman–Crippen LogP) is 2.71. The highest BCUT2D eigenvalue weighted by Gasteiger charge is 2.07. The number of benzene rings is 1. The summed E-state index contributed by atoms with van der Waals surface area (Å²) in [5, 5.41) is 0. The average Bonchev–Trinajstić information content (AvgIpc) is 2.28. The molecule has 0 heterocycles. The van der Waals surface area contributed by atoms with Crippen molar-refractivity contribution in [2.75, 3.05) is 13.7 Å². The van der Waals surface area contributed by atoms with Gasteiger partial charge in [-0.25, -0.2) is 0 Å². The standard InChI is InChI=1S/C13H21NO/c1-4-11-7-12(10(2)5-6-14)9-13(8-11)15-3/h7-10H,4-6,14H2,1-3H3. The van der Waals surface area contributed by atoms with Gasteiger partial charge in [0.2, 0.25) is 0 Å². The van der Waals surface area contributed by atoms with Gasteiger partial charge in [-0.15, -0.1) is 0 Å². The fourth-order valence-electron chi connectivity index (χ4n) is 1.71. The van der Waals surface area contributed by atoms with E-state index in [1.807, 2.05) is 0 Å². The molecule has 0 saturated carbocycles. The molecule has 15 heavy (non-hydrogen) atoms. The third-order valence-corrected chi connectivity index (χ3v) is 2.80. The van der Waals surface area contributed by atoms with Crippen LogP contribution in [0.15, 0.2) is 18.2 Å². The second kappa shape index (κ2) is 5.76. The summed E-state index contributed by atoms with van der Waals surface area (Å²) in [6.07, 6.45) is 2.07. The van der Waals surface area contributed by atoms with Crippen molar-refractivity contribution in [3.63, 3.8) is 0 Å². The second-order valence-corrected chi connectivity index (χ2v) is 3.95. The van der Waals surface area contributed by atoms with Crippen LogP contribution in [0.5, 0.6) is 5.75 Å². The molecular weight excluding hydrogens is 186 g/mol. The molecular formula is C13H21NO. The van der Waals surface area contributed by atoms with Gasteiger partial charge in [-0.1, -0.05) is 19.9 Å². The lowest BCUT2D eigenvalue weighted by molar-refractivity contribution is 0.413. The first kappa shape index (κ1) is 12.1. The van der Waals surface area contributed by atoms with Crippen LogP contribution in [0.4, 0.5) is 0 Å². The van der Waals surface area contributed by atoms with Gasteiger partial charge in [0.15, 0.2) is 0 Å². The third kappa shape index (κ3) is 3.24. The molecule has 0 saturated heterocycles. The SMILES string of the molecule is CCc1cc(OC)cc(C(C)CCN)c1. The number of rotatable bonds is 5. The highest BCUT2D eigenvalue weighted by atomic mass is 16.5. The Morgan fingerprint density at radius 2 is 2.07 bits per heavy atom. The Labute approximate surface area is 92.4 Å². The smallest absolute Gasteiger partial charge is 0.119 e. The van der Waals surface area contributed by atoms with E-state index in [1.54, 1.807) is 7.11 Å². The number of hydrogen-bond acceptors (Lipinski definition) is 2. The summed E-state index contributed by atoms with van der Waals surface area (Å²) < 4.78 is 5.29. The summed E-state index contributed by atoms with van der Waals surface area (Å²) in [6.45, 7) is 5.10.